The number of aliphatic hydroxyl groups excluding tert-OH is 1. The van der Waals surface area contributed by atoms with Crippen molar-refractivity contribution in [3.8, 4) is 0 Å². The van der Waals surface area contributed by atoms with Crippen LogP contribution in [-0.4, -0.2) is 63.6 Å². The summed E-state index contributed by atoms with van der Waals surface area (Å²) in [5.74, 6) is 0. The monoisotopic (exact) mass is 308 g/mol. The molecular weight excluding hydrogens is 288 g/mol. The summed E-state index contributed by atoms with van der Waals surface area (Å²) in [7, 11) is 0. The van der Waals surface area contributed by atoms with Crippen molar-refractivity contribution in [2.24, 2.45) is 0 Å². The van der Waals surface area contributed by atoms with Gasteiger partial charge in [0.15, 0.2) is 5.13 Å². The SMILES string of the molecule is Nc1cnn(CC(O)CN2CCN(c3nccs3)CC2)c1. The highest BCUT2D eigenvalue weighted by atomic mass is 32.1. The Hall–Kier alpha value is -1.64. The van der Waals surface area contributed by atoms with E-state index in [1.165, 1.54) is 0 Å². The third kappa shape index (κ3) is 3.72. The number of thiazole rings is 1. The molecule has 1 fully saturated rings. The Morgan fingerprint density at radius 1 is 1.29 bits per heavy atom. The van der Waals surface area contributed by atoms with E-state index in [4.69, 9.17) is 5.73 Å². The van der Waals surface area contributed by atoms with Crippen molar-refractivity contribution in [1.29, 1.82) is 0 Å². The van der Waals surface area contributed by atoms with Crippen molar-refractivity contribution < 1.29 is 5.11 Å². The van der Waals surface area contributed by atoms with Crippen LogP contribution in [0.4, 0.5) is 10.8 Å². The molecular formula is C13H20N6OS. The minimum absolute atomic E-state index is 0.435. The van der Waals surface area contributed by atoms with Crippen LogP contribution < -0.4 is 10.6 Å². The number of β-amino-alcohol motifs (C(OH)–C–C–N with tert-alkyl or cyclic N) is 1. The Morgan fingerprint density at radius 2 is 2.10 bits per heavy atom. The van der Waals surface area contributed by atoms with Crippen LogP contribution in [-0.2, 0) is 6.54 Å². The summed E-state index contributed by atoms with van der Waals surface area (Å²) in [5, 5.41) is 17.3. The van der Waals surface area contributed by atoms with Crippen LogP contribution >= 0.6 is 11.3 Å². The van der Waals surface area contributed by atoms with Crippen LogP contribution in [0.3, 0.4) is 0 Å². The Morgan fingerprint density at radius 3 is 2.71 bits per heavy atom. The molecule has 3 rings (SSSR count). The van der Waals surface area contributed by atoms with Gasteiger partial charge in [-0.15, -0.1) is 11.3 Å². The number of aromatic nitrogens is 3. The predicted molar refractivity (Wildman–Crippen MR) is 83.4 cm³/mol. The average molecular weight is 308 g/mol. The molecule has 2 aromatic rings. The Kier molecular flexibility index (Phi) is 4.37. The number of piperazine rings is 1. The van der Waals surface area contributed by atoms with E-state index < -0.39 is 6.10 Å². The highest BCUT2D eigenvalue weighted by Gasteiger charge is 2.20. The second kappa shape index (κ2) is 6.42. The normalized spacial score (nSPS) is 18.0. The van der Waals surface area contributed by atoms with E-state index in [-0.39, 0.29) is 0 Å². The number of hydrogen-bond acceptors (Lipinski definition) is 7. The van der Waals surface area contributed by atoms with Crippen molar-refractivity contribution in [3.05, 3.63) is 24.0 Å². The maximum Gasteiger partial charge on any atom is 0.185 e. The van der Waals surface area contributed by atoms with Gasteiger partial charge in [-0.2, -0.15) is 5.10 Å². The minimum atomic E-state index is -0.435. The van der Waals surface area contributed by atoms with Crippen molar-refractivity contribution in [2.45, 2.75) is 12.6 Å². The van der Waals surface area contributed by atoms with Crippen LogP contribution in [0.2, 0.25) is 0 Å². The first-order chi connectivity index (χ1) is 10.2. The highest BCUT2D eigenvalue weighted by molar-refractivity contribution is 7.13. The van der Waals surface area contributed by atoms with Crippen LogP contribution in [0.5, 0.6) is 0 Å². The summed E-state index contributed by atoms with van der Waals surface area (Å²) in [6.07, 6.45) is 4.74. The molecule has 0 bridgehead atoms. The van der Waals surface area contributed by atoms with Gasteiger partial charge in [-0.25, -0.2) is 4.98 Å². The molecule has 8 heteroatoms. The van der Waals surface area contributed by atoms with Gasteiger partial charge in [0.05, 0.1) is 24.5 Å². The first-order valence-electron chi connectivity index (χ1n) is 7.03. The molecule has 0 radical (unpaired) electrons. The van der Waals surface area contributed by atoms with E-state index in [0.717, 1.165) is 31.3 Å². The lowest BCUT2D eigenvalue weighted by atomic mass is 10.2. The zero-order chi connectivity index (χ0) is 14.7. The molecule has 0 aliphatic carbocycles. The molecule has 3 N–H and O–H groups in total. The van der Waals surface area contributed by atoms with Crippen molar-refractivity contribution in [3.63, 3.8) is 0 Å². The summed E-state index contributed by atoms with van der Waals surface area (Å²) in [5.41, 5.74) is 6.24. The van der Waals surface area contributed by atoms with Gasteiger partial charge in [-0.1, -0.05) is 0 Å². The number of rotatable bonds is 5. The smallest absolute Gasteiger partial charge is 0.185 e. The van der Waals surface area contributed by atoms with Crippen molar-refractivity contribution >= 4 is 22.2 Å². The molecule has 1 aliphatic heterocycles. The van der Waals surface area contributed by atoms with Gasteiger partial charge >= 0.3 is 0 Å². The molecule has 7 nitrogen and oxygen atoms in total. The third-order valence-corrected chi connectivity index (χ3v) is 4.41. The summed E-state index contributed by atoms with van der Waals surface area (Å²) in [6.45, 7) is 4.93. The lowest BCUT2D eigenvalue weighted by Gasteiger charge is -2.35. The minimum Gasteiger partial charge on any atom is -0.396 e. The van der Waals surface area contributed by atoms with Crippen LogP contribution in [0, 0.1) is 0 Å². The largest absolute Gasteiger partial charge is 0.396 e. The zero-order valence-corrected chi connectivity index (χ0v) is 12.6. The lowest BCUT2D eigenvalue weighted by molar-refractivity contribution is 0.0921. The first-order valence-corrected chi connectivity index (χ1v) is 7.91. The third-order valence-electron chi connectivity index (χ3n) is 3.58. The molecule has 1 atom stereocenters. The fourth-order valence-electron chi connectivity index (χ4n) is 2.54. The number of nitrogen functional groups attached to an aromatic ring is 1. The number of nitrogens with zero attached hydrogens (tertiary/aromatic N) is 5. The van der Waals surface area contributed by atoms with Gasteiger partial charge in [0.25, 0.3) is 0 Å². The maximum absolute atomic E-state index is 10.1. The molecule has 1 saturated heterocycles. The van der Waals surface area contributed by atoms with Crippen LogP contribution in [0.15, 0.2) is 24.0 Å². The summed E-state index contributed by atoms with van der Waals surface area (Å²) in [6, 6.07) is 0. The fraction of sp³-hybridized carbons (Fsp3) is 0.538. The van der Waals surface area contributed by atoms with E-state index in [0.29, 0.717) is 18.8 Å². The van der Waals surface area contributed by atoms with E-state index >= 15 is 0 Å². The molecule has 114 valence electrons. The molecule has 3 heterocycles. The van der Waals surface area contributed by atoms with E-state index in [2.05, 4.69) is 19.9 Å². The molecule has 21 heavy (non-hydrogen) atoms. The molecule has 1 aliphatic rings. The van der Waals surface area contributed by atoms with Gasteiger partial charge in [-0.3, -0.25) is 9.58 Å². The van der Waals surface area contributed by atoms with E-state index in [1.54, 1.807) is 28.4 Å². The lowest BCUT2D eigenvalue weighted by Crippen LogP contribution is -2.49. The second-order valence-corrected chi connectivity index (χ2v) is 6.12. The van der Waals surface area contributed by atoms with Crippen molar-refractivity contribution in [1.82, 2.24) is 19.7 Å². The van der Waals surface area contributed by atoms with Gasteiger partial charge in [0.1, 0.15) is 0 Å². The van der Waals surface area contributed by atoms with Gasteiger partial charge in [0.2, 0.25) is 0 Å². The Labute approximate surface area is 127 Å². The van der Waals surface area contributed by atoms with Gasteiger partial charge in [-0.05, 0) is 0 Å². The summed E-state index contributed by atoms with van der Waals surface area (Å²) >= 11 is 1.67. The highest BCUT2D eigenvalue weighted by Crippen LogP contribution is 2.18. The van der Waals surface area contributed by atoms with Gasteiger partial charge < -0.3 is 15.7 Å². The standard InChI is InChI=1S/C13H20N6OS/c14-11-7-16-19(8-11)10-12(20)9-17-2-4-18(5-3-17)13-15-1-6-21-13/h1,6-8,12,20H,2-5,9-10,14H2. The number of hydrogen-bond donors (Lipinski definition) is 2. The topological polar surface area (TPSA) is 83.4 Å². The van der Waals surface area contributed by atoms with Gasteiger partial charge in [0, 0.05) is 50.5 Å². The molecule has 0 spiro atoms. The second-order valence-electron chi connectivity index (χ2n) is 5.25. The Balaban J connectivity index is 1.44. The molecule has 1 unspecified atom stereocenters. The quantitative estimate of drug-likeness (QED) is 0.815. The molecule has 2 aromatic heterocycles. The predicted octanol–water partition coefficient (Wildman–Crippen LogP) is 0.105. The average Bonchev–Trinajstić information content (AvgIpc) is 3.11. The summed E-state index contributed by atoms with van der Waals surface area (Å²) < 4.78 is 1.69. The molecule has 0 amide bonds. The zero-order valence-electron chi connectivity index (χ0n) is 11.8. The fourth-order valence-corrected chi connectivity index (χ4v) is 3.24. The van der Waals surface area contributed by atoms with Crippen LogP contribution in [0.1, 0.15) is 0 Å². The van der Waals surface area contributed by atoms with Crippen molar-refractivity contribution in [2.75, 3.05) is 43.4 Å². The number of aliphatic hydroxyl groups is 1. The molecule has 0 saturated carbocycles. The van der Waals surface area contributed by atoms with E-state index in [9.17, 15) is 5.11 Å². The van der Waals surface area contributed by atoms with E-state index in [1.807, 2.05) is 11.6 Å². The Bertz CT molecular complexity index is 549. The first kappa shape index (κ1) is 14.3. The maximum atomic E-state index is 10.1. The number of anilines is 2. The summed E-state index contributed by atoms with van der Waals surface area (Å²) in [4.78, 5) is 8.91. The van der Waals surface area contributed by atoms with Crippen LogP contribution in [0.25, 0.3) is 0 Å². The number of nitrogens with two attached hydrogens (primary N) is 1. The molecule has 0 aromatic carbocycles.